The highest BCUT2D eigenvalue weighted by molar-refractivity contribution is 5.69. The van der Waals surface area contributed by atoms with Crippen molar-refractivity contribution in [2.75, 3.05) is 25.5 Å². The molecule has 1 aromatic rings. The van der Waals surface area contributed by atoms with Gasteiger partial charge in [0.2, 0.25) is 0 Å². The number of rotatable bonds is 1. The van der Waals surface area contributed by atoms with Gasteiger partial charge in [-0.15, -0.1) is 0 Å². The van der Waals surface area contributed by atoms with Crippen LogP contribution in [0.4, 0.5) is 10.5 Å². The lowest BCUT2D eigenvalue weighted by atomic mass is 10.1. The smallest absolute Gasteiger partial charge is 0.411 e. The van der Waals surface area contributed by atoms with Crippen LogP contribution in [-0.2, 0) is 9.47 Å². The van der Waals surface area contributed by atoms with E-state index >= 15 is 0 Å². The van der Waals surface area contributed by atoms with Crippen LogP contribution in [0.5, 0.6) is 0 Å². The normalized spacial score (nSPS) is 20.4. The van der Waals surface area contributed by atoms with Crippen LogP contribution >= 0.6 is 0 Å². The van der Waals surface area contributed by atoms with Gasteiger partial charge in [-0.3, -0.25) is 10.00 Å². The van der Waals surface area contributed by atoms with Gasteiger partial charge in [0.15, 0.2) is 0 Å². The molecule has 1 saturated heterocycles. The quantitative estimate of drug-likeness (QED) is 0.800. The maximum absolute atomic E-state index is 12.2. The number of morpholine rings is 1. The van der Waals surface area contributed by atoms with E-state index in [4.69, 9.17) is 15.2 Å². The van der Waals surface area contributed by atoms with Crippen molar-refractivity contribution < 1.29 is 14.3 Å². The summed E-state index contributed by atoms with van der Waals surface area (Å²) in [6.45, 7) is 6.86. The summed E-state index contributed by atoms with van der Waals surface area (Å²) in [4.78, 5) is 13.8. The van der Waals surface area contributed by atoms with E-state index in [1.807, 2.05) is 20.8 Å². The zero-order chi connectivity index (χ0) is 14.0. The van der Waals surface area contributed by atoms with Crippen molar-refractivity contribution >= 4 is 11.8 Å². The van der Waals surface area contributed by atoms with Crippen LogP contribution in [0, 0.1) is 0 Å². The van der Waals surface area contributed by atoms with Gasteiger partial charge < -0.3 is 15.2 Å². The number of nitrogens with zero attached hydrogens (tertiary/aromatic N) is 2. The molecule has 0 aromatic carbocycles. The van der Waals surface area contributed by atoms with Crippen LogP contribution < -0.4 is 5.73 Å². The molecule has 0 saturated carbocycles. The highest BCUT2D eigenvalue weighted by Crippen LogP contribution is 2.27. The number of nitrogens with two attached hydrogens (primary N) is 1. The van der Waals surface area contributed by atoms with Crippen molar-refractivity contribution in [3.63, 3.8) is 0 Å². The number of carbonyl (C=O) groups excluding carboxylic acids is 1. The molecule has 2 heterocycles. The lowest BCUT2D eigenvalue weighted by Gasteiger charge is -2.36. The first kappa shape index (κ1) is 13.7. The number of hydrogen-bond donors (Lipinski definition) is 2. The van der Waals surface area contributed by atoms with E-state index in [9.17, 15) is 4.79 Å². The summed E-state index contributed by atoms with van der Waals surface area (Å²) >= 11 is 0. The number of hydrogen-bond acceptors (Lipinski definition) is 5. The number of nitrogen functional groups attached to an aromatic ring is 1. The van der Waals surface area contributed by atoms with Gasteiger partial charge in [-0.25, -0.2) is 4.79 Å². The van der Waals surface area contributed by atoms with Crippen molar-refractivity contribution in [3.8, 4) is 0 Å². The minimum atomic E-state index is -0.528. The van der Waals surface area contributed by atoms with Crippen LogP contribution in [0.25, 0.3) is 0 Å². The number of nitrogens with one attached hydrogen (secondary N) is 1. The lowest BCUT2D eigenvalue weighted by Crippen LogP contribution is -2.46. The molecule has 2 rings (SSSR count). The molecule has 0 aliphatic carbocycles. The van der Waals surface area contributed by atoms with Gasteiger partial charge in [0.1, 0.15) is 11.6 Å². The number of aromatic amines is 1. The summed E-state index contributed by atoms with van der Waals surface area (Å²) < 4.78 is 10.8. The molecule has 1 fully saturated rings. The van der Waals surface area contributed by atoms with Crippen LogP contribution in [0.1, 0.15) is 32.5 Å². The van der Waals surface area contributed by atoms with Gasteiger partial charge in [-0.2, -0.15) is 5.10 Å². The molecular formula is C12H20N4O3. The highest BCUT2D eigenvalue weighted by atomic mass is 16.6. The van der Waals surface area contributed by atoms with E-state index in [0.29, 0.717) is 31.1 Å². The Hall–Kier alpha value is -1.76. The molecular weight excluding hydrogens is 248 g/mol. The van der Waals surface area contributed by atoms with E-state index in [2.05, 4.69) is 10.2 Å². The first-order valence-corrected chi connectivity index (χ1v) is 6.24. The molecule has 1 aliphatic rings. The summed E-state index contributed by atoms with van der Waals surface area (Å²) in [5.74, 6) is 0. The Balaban J connectivity index is 2.17. The van der Waals surface area contributed by atoms with Gasteiger partial charge in [0.25, 0.3) is 0 Å². The van der Waals surface area contributed by atoms with Crippen molar-refractivity contribution in [1.29, 1.82) is 0 Å². The fourth-order valence-corrected chi connectivity index (χ4v) is 1.95. The van der Waals surface area contributed by atoms with E-state index in [0.717, 1.165) is 0 Å². The van der Waals surface area contributed by atoms with Crippen molar-refractivity contribution in [1.82, 2.24) is 15.1 Å². The molecule has 1 aliphatic heterocycles. The Morgan fingerprint density at radius 2 is 2.37 bits per heavy atom. The second-order valence-corrected chi connectivity index (χ2v) is 5.50. The zero-order valence-electron chi connectivity index (χ0n) is 11.5. The maximum Gasteiger partial charge on any atom is 0.411 e. The molecule has 1 atom stereocenters. The summed E-state index contributed by atoms with van der Waals surface area (Å²) in [5.41, 5.74) is 6.51. The summed E-state index contributed by atoms with van der Waals surface area (Å²) in [6.07, 6.45) is 1.16. The fraction of sp³-hybridized carbons (Fsp3) is 0.667. The summed E-state index contributed by atoms with van der Waals surface area (Å²) in [6, 6.07) is -0.286. The Kier molecular flexibility index (Phi) is 3.66. The Morgan fingerprint density at radius 3 is 2.95 bits per heavy atom. The van der Waals surface area contributed by atoms with E-state index in [1.165, 1.54) is 6.20 Å². The number of aromatic nitrogens is 2. The molecule has 0 spiro atoms. The molecule has 1 unspecified atom stereocenters. The Bertz CT molecular complexity index is 452. The highest BCUT2D eigenvalue weighted by Gasteiger charge is 2.33. The number of anilines is 1. The number of H-pyrrole nitrogens is 1. The third-order valence-electron chi connectivity index (χ3n) is 2.79. The summed E-state index contributed by atoms with van der Waals surface area (Å²) in [5, 5.41) is 6.70. The van der Waals surface area contributed by atoms with Crippen molar-refractivity contribution in [3.05, 3.63) is 11.9 Å². The third-order valence-corrected chi connectivity index (χ3v) is 2.79. The topological polar surface area (TPSA) is 93.5 Å². The molecule has 0 radical (unpaired) electrons. The molecule has 1 amide bonds. The molecule has 3 N–H and O–H groups in total. The molecule has 106 valence electrons. The predicted molar refractivity (Wildman–Crippen MR) is 69.5 cm³/mol. The number of amides is 1. The van der Waals surface area contributed by atoms with Gasteiger partial charge >= 0.3 is 6.09 Å². The Morgan fingerprint density at radius 1 is 1.63 bits per heavy atom. The van der Waals surface area contributed by atoms with Gasteiger partial charge in [-0.05, 0) is 20.8 Å². The van der Waals surface area contributed by atoms with Crippen molar-refractivity contribution in [2.24, 2.45) is 0 Å². The third kappa shape index (κ3) is 3.17. The second-order valence-electron chi connectivity index (χ2n) is 5.50. The van der Waals surface area contributed by atoms with E-state index in [-0.39, 0.29) is 12.1 Å². The fourth-order valence-electron chi connectivity index (χ4n) is 1.95. The van der Waals surface area contributed by atoms with Gasteiger partial charge in [-0.1, -0.05) is 0 Å². The largest absolute Gasteiger partial charge is 0.444 e. The molecule has 7 heteroatoms. The SMILES string of the molecule is CC(C)(C)OC(=O)N1CCOCC1c1[nH]ncc1N. The van der Waals surface area contributed by atoms with Gasteiger partial charge in [0.05, 0.1) is 30.8 Å². The molecule has 7 nitrogen and oxygen atoms in total. The molecule has 1 aromatic heterocycles. The zero-order valence-corrected chi connectivity index (χ0v) is 11.5. The molecule has 0 bridgehead atoms. The van der Waals surface area contributed by atoms with Crippen molar-refractivity contribution in [2.45, 2.75) is 32.4 Å². The number of carbonyl (C=O) groups is 1. The minimum absolute atomic E-state index is 0.286. The van der Waals surface area contributed by atoms with Crippen LogP contribution in [0.3, 0.4) is 0 Å². The Labute approximate surface area is 112 Å². The first-order valence-electron chi connectivity index (χ1n) is 6.24. The molecule has 19 heavy (non-hydrogen) atoms. The van der Waals surface area contributed by atoms with Crippen LogP contribution in [0.2, 0.25) is 0 Å². The average molecular weight is 268 g/mol. The summed E-state index contributed by atoms with van der Waals surface area (Å²) in [7, 11) is 0. The van der Waals surface area contributed by atoms with Crippen LogP contribution in [-0.4, -0.2) is 46.6 Å². The number of ether oxygens (including phenoxy) is 2. The standard InChI is InChI=1S/C12H20N4O3/c1-12(2,3)19-11(17)16-4-5-18-7-9(16)10-8(13)6-14-15-10/h6,9H,4-5,7,13H2,1-3H3,(H,14,15). The lowest BCUT2D eigenvalue weighted by molar-refractivity contribution is -0.0338. The predicted octanol–water partition coefficient (Wildman–Crippen LogP) is 1.30. The monoisotopic (exact) mass is 268 g/mol. The minimum Gasteiger partial charge on any atom is -0.444 e. The van der Waals surface area contributed by atoms with Gasteiger partial charge in [0, 0.05) is 6.54 Å². The van der Waals surface area contributed by atoms with Crippen LogP contribution in [0.15, 0.2) is 6.20 Å². The maximum atomic E-state index is 12.2. The first-order chi connectivity index (χ1) is 8.88. The van der Waals surface area contributed by atoms with E-state index in [1.54, 1.807) is 4.90 Å². The second kappa shape index (κ2) is 5.08. The average Bonchev–Trinajstić information content (AvgIpc) is 2.73. The van der Waals surface area contributed by atoms with E-state index < -0.39 is 5.60 Å².